The summed E-state index contributed by atoms with van der Waals surface area (Å²) in [6, 6.07) is 21.9. The molecule has 1 aromatic heterocycles. The van der Waals surface area contributed by atoms with Crippen molar-refractivity contribution in [2.45, 2.75) is 59.1 Å². The third kappa shape index (κ3) is 7.59. The molecule has 3 aromatic rings. The van der Waals surface area contributed by atoms with Crippen molar-refractivity contribution in [3.8, 4) is 16.9 Å². The van der Waals surface area contributed by atoms with E-state index in [9.17, 15) is 14.4 Å². The van der Waals surface area contributed by atoms with Crippen molar-refractivity contribution in [1.29, 1.82) is 0 Å². The predicted octanol–water partition coefficient (Wildman–Crippen LogP) is 5.79. The van der Waals surface area contributed by atoms with Gasteiger partial charge in [-0.2, -0.15) is 0 Å². The number of piperidine rings is 1. The Morgan fingerprint density at radius 2 is 1.53 bits per heavy atom. The Bertz CT molecular complexity index is 1470. The summed E-state index contributed by atoms with van der Waals surface area (Å²) in [4.78, 5) is 46.1. The number of aromatic nitrogens is 1. The van der Waals surface area contributed by atoms with Crippen molar-refractivity contribution in [1.82, 2.24) is 19.3 Å². The number of rotatable bonds is 7. The Morgan fingerprint density at radius 1 is 0.889 bits per heavy atom. The SMILES string of the molecule is CCOC(=O)C1CCN(C[C@@H]2CN(C(=O)OC(C)(C)C)CCN2C(=O)c2cc(C)n(-c3ccccc3)c2-c2ccccc2)CC1. The van der Waals surface area contributed by atoms with E-state index in [2.05, 4.69) is 21.6 Å². The average Bonchev–Trinajstić information content (AvgIpc) is 3.38. The van der Waals surface area contributed by atoms with Crippen LogP contribution in [0.1, 0.15) is 56.6 Å². The van der Waals surface area contributed by atoms with Crippen molar-refractivity contribution in [2.24, 2.45) is 5.92 Å². The van der Waals surface area contributed by atoms with Gasteiger partial charge in [0, 0.05) is 37.6 Å². The van der Waals surface area contributed by atoms with Crippen molar-refractivity contribution in [2.75, 3.05) is 45.9 Å². The number of ether oxygens (including phenoxy) is 2. The molecule has 2 amide bonds. The van der Waals surface area contributed by atoms with Crippen LogP contribution in [0.2, 0.25) is 0 Å². The van der Waals surface area contributed by atoms with Gasteiger partial charge in [-0.1, -0.05) is 48.5 Å². The van der Waals surface area contributed by atoms with Crippen LogP contribution in [0.4, 0.5) is 4.79 Å². The summed E-state index contributed by atoms with van der Waals surface area (Å²) in [6.45, 7) is 13.0. The molecule has 0 unspecified atom stereocenters. The highest BCUT2D eigenvalue weighted by Gasteiger charge is 2.38. The third-order valence-corrected chi connectivity index (χ3v) is 8.55. The van der Waals surface area contributed by atoms with Crippen molar-refractivity contribution in [3.05, 3.63) is 78.0 Å². The summed E-state index contributed by atoms with van der Waals surface area (Å²) in [5.41, 5.74) is 3.80. The second-order valence-electron chi connectivity index (χ2n) is 13.0. The lowest BCUT2D eigenvalue weighted by atomic mass is 9.96. The molecule has 3 heterocycles. The molecule has 9 heteroatoms. The maximum absolute atomic E-state index is 14.7. The Balaban J connectivity index is 1.45. The minimum atomic E-state index is -0.614. The summed E-state index contributed by atoms with van der Waals surface area (Å²) in [5, 5.41) is 0. The van der Waals surface area contributed by atoms with Crippen LogP contribution in [0.25, 0.3) is 16.9 Å². The molecule has 0 bridgehead atoms. The van der Waals surface area contributed by atoms with Gasteiger partial charge in [0.25, 0.3) is 5.91 Å². The van der Waals surface area contributed by atoms with Crippen molar-refractivity contribution < 1.29 is 23.9 Å². The number of hydrogen-bond acceptors (Lipinski definition) is 6. The molecule has 0 radical (unpaired) electrons. The highest BCUT2D eigenvalue weighted by molar-refractivity contribution is 6.01. The first-order valence-corrected chi connectivity index (χ1v) is 16.1. The molecule has 240 valence electrons. The first kappa shape index (κ1) is 32.3. The van der Waals surface area contributed by atoms with E-state index in [0.29, 0.717) is 51.2 Å². The largest absolute Gasteiger partial charge is 0.466 e. The molecule has 0 spiro atoms. The first-order chi connectivity index (χ1) is 21.6. The fraction of sp³-hybridized carbons (Fsp3) is 0.472. The lowest BCUT2D eigenvalue weighted by molar-refractivity contribution is -0.149. The Morgan fingerprint density at radius 3 is 2.16 bits per heavy atom. The van der Waals surface area contributed by atoms with Gasteiger partial charge < -0.3 is 28.7 Å². The fourth-order valence-electron chi connectivity index (χ4n) is 6.43. The molecule has 9 nitrogen and oxygen atoms in total. The fourth-order valence-corrected chi connectivity index (χ4v) is 6.43. The van der Waals surface area contributed by atoms with E-state index < -0.39 is 5.60 Å². The van der Waals surface area contributed by atoms with E-state index in [1.165, 1.54) is 0 Å². The van der Waals surface area contributed by atoms with Crippen LogP contribution in [0, 0.1) is 12.8 Å². The molecule has 2 fully saturated rings. The van der Waals surface area contributed by atoms with Crippen LogP contribution in [-0.4, -0.2) is 94.8 Å². The summed E-state index contributed by atoms with van der Waals surface area (Å²) < 4.78 is 13.1. The Hall–Kier alpha value is -4.11. The molecule has 0 saturated carbocycles. The van der Waals surface area contributed by atoms with Crippen LogP contribution >= 0.6 is 0 Å². The number of carbonyl (C=O) groups excluding carboxylic acids is 3. The van der Waals surface area contributed by atoms with Gasteiger partial charge in [0.15, 0.2) is 0 Å². The number of carbonyl (C=O) groups is 3. The molecule has 2 aliphatic heterocycles. The zero-order valence-corrected chi connectivity index (χ0v) is 27.2. The lowest BCUT2D eigenvalue weighted by Gasteiger charge is -2.44. The van der Waals surface area contributed by atoms with E-state index >= 15 is 0 Å². The maximum Gasteiger partial charge on any atom is 0.410 e. The highest BCUT2D eigenvalue weighted by atomic mass is 16.6. The standard InChI is InChI=1S/C36H46N4O5/c1-6-44-34(42)28-17-19-37(20-18-28)24-30-25-38(35(43)45-36(3,4)5)21-22-39(30)33(41)31-23-26(2)40(29-15-11-8-12-16-29)32(31)27-13-9-7-10-14-27/h7-16,23,28,30H,6,17-22,24-25H2,1-5H3/t30-/m1/s1. The van der Waals surface area contributed by atoms with Crippen LogP contribution in [0.3, 0.4) is 0 Å². The monoisotopic (exact) mass is 614 g/mol. The van der Waals surface area contributed by atoms with Gasteiger partial charge in [0.05, 0.1) is 29.8 Å². The van der Waals surface area contributed by atoms with Crippen molar-refractivity contribution in [3.63, 3.8) is 0 Å². The molecule has 45 heavy (non-hydrogen) atoms. The van der Waals surface area contributed by atoms with E-state index in [1.54, 1.807) is 4.90 Å². The van der Waals surface area contributed by atoms with E-state index in [0.717, 1.165) is 35.7 Å². The quantitative estimate of drug-likeness (QED) is 0.314. The smallest absolute Gasteiger partial charge is 0.410 e. The second kappa shape index (κ2) is 13.9. The minimum Gasteiger partial charge on any atom is -0.466 e. The number of nitrogens with zero attached hydrogens (tertiary/aromatic N) is 4. The topological polar surface area (TPSA) is 84.3 Å². The van der Waals surface area contributed by atoms with Gasteiger partial charge in [-0.3, -0.25) is 9.59 Å². The van der Waals surface area contributed by atoms with Gasteiger partial charge in [0.2, 0.25) is 0 Å². The maximum atomic E-state index is 14.7. The molecular weight excluding hydrogens is 568 g/mol. The molecule has 1 atom stereocenters. The third-order valence-electron chi connectivity index (χ3n) is 8.55. The van der Waals surface area contributed by atoms with Gasteiger partial charge in [-0.15, -0.1) is 0 Å². The highest BCUT2D eigenvalue weighted by Crippen LogP contribution is 2.33. The molecular formula is C36H46N4O5. The molecule has 2 saturated heterocycles. The number of aryl methyl sites for hydroxylation is 1. The second-order valence-corrected chi connectivity index (χ2v) is 13.0. The normalized spacial score (nSPS) is 18.1. The number of esters is 1. The summed E-state index contributed by atoms with van der Waals surface area (Å²) in [7, 11) is 0. The number of para-hydroxylation sites is 1. The van der Waals surface area contributed by atoms with Gasteiger partial charge >= 0.3 is 12.1 Å². The lowest BCUT2D eigenvalue weighted by Crippen LogP contribution is -2.60. The van der Waals surface area contributed by atoms with E-state index in [1.807, 2.05) is 94.1 Å². The number of likely N-dealkylation sites (tertiary alicyclic amines) is 1. The van der Waals surface area contributed by atoms with Gasteiger partial charge in [-0.25, -0.2) is 4.79 Å². The summed E-state index contributed by atoms with van der Waals surface area (Å²) >= 11 is 0. The number of piperazine rings is 1. The van der Waals surface area contributed by atoms with Crippen LogP contribution in [0.15, 0.2) is 66.7 Å². The van der Waals surface area contributed by atoms with Crippen LogP contribution < -0.4 is 0 Å². The summed E-state index contributed by atoms with van der Waals surface area (Å²) in [6.07, 6.45) is 1.07. The molecule has 2 aliphatic rings. The van der Waals surface area contributed by atoms with E-state index in [4.69, 9.17) is 9.47 Å². The molecule has 0 N–H and O–H groups in total. The Kier molecular flexibility index (Phi) is 9.97. The summed E-state index contributed by atoms with van der Waals surface area (Å²) in [5.74, 6) is -0.283. The van der Waals surface area contributed by atoms with Crippen LogP contribution in [0.5, 0.6) is 0 Å². The molecule has 5 rings (SSSR count). The van der Waals surface area contributed by atoms with Gasteiger partial charge in [-0.05, 0) is 84.3 Å². The zero-order chi connectivity index (χ0) is 32.1. The van der Waals surface area contributed by atoms with Crippen molar-refractivity contribution >= 4 is 18.0 Å². The zero-order valence-electron chi connectivity index (χ0n) is 27.2. The van der Waals surface area contributed by atoms with Crippen LogP contribution in [-0.2, 0) is 14.3 Å². The average molecular weight is 615 g/mol. The van der Waals surface area contributed by atoms with Gasteiger partial charge in [0.1, 0.15) is 5.60 Å². The molecule has 0 aliphatic carbocycles. The minimum absolute atomic E-state index is 0.0538. The number of benzene rings is 2. The Labute approximate surface area is 266 Å². The predicted molar refractivity (Wildman–Crippen MR) is 174 cm³/mol. The first-order valence-electron chi connectivity index (χ1n) is 16.1. The number of amides is 2. The number of hydrogen-bond donors (Lipinski definition) is 0. The molecule has 2 aromatic carbocycles. The van der Waals surface area contributed by atoms with E-state index in [-0.39, 0.29) is 29.9 Å².